The molecule has 0 saturated carbocycles. The first-order valence-electron chi connectivity index (χ1n) is 7.13. The molecule has 4 nitrogen and oxygen atoms in total. The number of piperidine rings is 1. The molecule has 1 saturated heterocycles. The molecule has 1 fully saturated rings. The molecule has 3 rings (SSSR count). The summed E-state index contributed by atoms with van der Waals surface area (Å²) in [6, 6.07) is 5.47. The van der Waals surface area contributed by atoms with Gasteiger partial charge in [-0.05, 0) is 40.9 Å². The lowest BCUT2D eigenvalue weighted by Gasteiger charge is -2.27. The van der Waals surface area contributed by atoms with E-state index in [0.717, 1.165) is 28.3 Å². The maximum absolute atomic E-state index is 12.2. The second-order valence-corrected chi connectivity index (χ2v) is 6.71. The van der Waals surface area contributed by atoms with Crippen LogP contribution >= 0.6 is 15.9 Å². The molecule has 1 N–H and O–H groups in total. The highest BCUT2D eigenvalue weighted by atomic mass is 79.9. The number of pyridine rings is 1. The molecule has 106 valence electrons. The molecule has 0 amide bonds. The van der Waals surface area contributed by atoms with Gasteiger partial charge in [-0.2, -0.15) is 0 Å². The Morgan fingerprint density at radius 2 is 2.35 bits per heavy atom. The molecule has 1 aliphatic heterocycles. The fourth-order valence-electron chi connectivity index (χ4n) is 3.03. The Balaban J connectivity index is 1.89. The number of hydrogen-bond donors (Lipinski definition) is 1. The zero-order chi connectivity index (χ0) is 14.1. The molecule has 3 heterocycles. The molecule has 2 atom stereocenters. The Morgan fingerprint density at radius 1 is 1.50 bits per heavy atom. The fourth-order valence-corrected chi connectivity index (χ4v) is 3.37. The lowest BCUT2D eigenvalue weighted by Crippen LogP contribution is -3.12. The third-order valence-corrected chi connectivity index (χ3v) is 4.44. The van der Waals surface area contributed by atoms with Crippen LogP contribution in [0.3, 0.4) is 0 Å². The van der Waals surface area contributed by atoms with Crippen molar-refractivity contribution in [3.05, 3.63) is 44.9 Å². The second kappa shape index (κ2) is 5.66. The number of hydrogen-bond acceptors (Lipinski definition) is 2. The maximum Gasteiger partial charge on any atom is 0.258 e. The van der Waals surface area contributed by atoms with Crippen LogP contribution in [0.25, 0.3) is 5.65 Å². The Labute approximate surface area is 126 Å². The van der Waals surface area contributed by atoms with Crippen molar-refractivity contribution in [1.82, 2.24) is 9.38 Å². The van der Waals surface area contributed by atoms with Crippen LogP contribution in [0.1, 0.15) is 25.5 Å². The highest BCUT2D eigenvalue weighted by Crippen LogP contribution is 2.09. The number of aromatic nitrogens is 2. The third-order valence-electron chi connectivity index (χ3n) is 3.97. The average Bonchev–Trinajstić information content (AvgIpc) is 2.40. The smallest absolute Gasteiger partial charge is 0.258 e. The number of fused-ring (bicyclic) bond motifs is 1. The normalized spacial score (nSPS) is 23.1. The van der Waals surface area contributed by atoms with E-state index in [-0.39, 0.29) is 5.56 Å². The molecular formula is C15H19BrN3O+. The Morgan fingerprint density at radius 3 is 3.15 bits per heavy atom. The van der Waals surface area contributed by atoms with Crippen LogP contribution in [0.4, 0.5) is 0 Å². The second-order valence-electron chi connectivity index (χ2n) is 5.79. The molecule has 2 aromatic rings. The lowest BCUT2D eigenvalue weighted by molar-refractivity contribution is -0.922. The molecule has 0 spiro atoms. The van der Waals surface area contributed by atoms with Crippen LogP contribution in [0.5, 0.6) is 0 Å². The maximum atomic E-state index is 12.2. The quantitative estimate of drug-likeness (QED) is 0.897. The van der Waals surface area contributed by atoms with Gasteiger partial charge >= 0.3 is 0 Å². The van der Waals surface area contributed by atoms with E-state index in [0.29, 0.717) is 0 Å². The van der Waals surface area contributed by atoms with Crippen LogP contribution in [0, 0.1) is 5.92 Å². The van der Waals surface area contributed by atoms with E-state index in [4.69, 9.17) is 0 Å². The van der Waals surface area contributed by atoms with Gasteiger partial charge in [-0.1, -0.05) is 6.92 Å². The third kappa shape index (κ3) is 2.94. The fraction of sp³-hybridized carbons (Fsp3) is 0.467. The molecule has 20 heavy (non-hydrogen) atoms. The minimum absolute atomic E-state index is 0.00393. The zero-order valence-corrected chi connectivity index (χ0v) is 13.2. The molecular weight excluding hydrogens is 318 g/mol. The first-order chi connectivity index (χ1) is 9.61. The summed E-state index contributed by atoms with van der Waals surface area (Å²) in [5.74, 6) is 0.774. The van der Waals surface area contributed by atoms with Gasteiger partial charge in [0.1, 0.15) is 17.9 Å². The van der Waals surface area contributed by atoms with Crippen molar-refractivity contribution in [2.75, 3.05) is 13.1 Å². The van der Waals surface area contributed by atoms with Crippen LogP contribution in [0.15, 0.2) is 33.7 Å². The van der Waals surface area contributed by atoms with Crippen molar-refractivity contribution in [1.29, 1.82) is 0 Å². The summed E-state index contributed by atoms with van der Waals surface area (Å²) >= 11 is 3.38. The number of rotatable bonds is 2. The molecule has 0 aliphatic carbocycles. The monoisotopic (exact) mass is 336 g/mol. The van der Waals surface area contributed by atoms with E-state index in [1.807, 2.05) is 12.1 Å². The summed E-state index contributed by atoms with van der Waals surface area (Å²) in [6.07, 6.45) is 4.37. The minimum Gasteiger partial charge on any atom is -0.330 e. The molecule has 0 aromatic carbocycles. The van der Waals surface area contributed by atoms with Gasteiger partial charge in [-0.15, -0.1) is 0 Å². The van der Waals surface area contributed by atoms with E-state index in [1.54, 1.807) is 16.7 Å². The highest BCUT2D eigenvalue weighted by molar-refractivity contribution is 9.10. The van der Waals surface area contributed by atoms with Crippen LogP contribution < -0.4 is 10.5 Å². The predicted molar refractivity (Wildman–Crippen MR) is 82.0 cm³/mol. The molecule has 1 aliphatic rings. The van der Waals surface area contributed by atoms with Gasteiger partial charge in [0.25, 0.3) is 5.56 Å². The predicted octanol–water partition coefficient (Wildman–Crippen LogP) is 1.27. The number of nitrogens with one attached hydrogen (secondary N) is 1. The Bertz CT molecular complexity index is 682. The average molecular weight is 337 g/mol. The van der Waals surface area contributed by atoms with Gasteiger partial charge in [-0.25, -0.2) is 4.98 Å². The largest absolute Gasteiger partial charge is 0.330 e. The molecule has 2 aromatic heterocycles. The molecule has 5 heteroatoms. The zero-order valence-electron chi connectivity index (χ0n) is 11.6. The Hall–Kier alpha value is -1.20. The summed E-state index contributed by atoms with van der Waals surface area (Å²) in [5, 5.41) is 0. The molecule has 0 radical (unpaired) electrons. The number of quaternary nitrogens is 1. The molecule has 1 unspecified atom stereocenters. The molecule has 0 bridgehead atoms. The number of likely N-dealkylation sites (tertiary alicyclic amines) is 1. The van der Waals surface area contributed by atoms with Crippen molar-refractivity contribution in [2.45, 2.75) is 26.3 Å². The van der Waals surface area contributed by atoms with E-state index >= 15 is 0 Å². The first kappa shape index (κ1) is 13.8. The van der Waals surface area contributed by atoms with Crippen molar-refractivity contribution < 1.29 is 4.90 Å². The van der Waals surface area contributed by atoms with Crippen molar-refractivity contribution >= 4 is 21.6 Å². The van der Waals surface area contributed by atoms with E-state index in [1.165, 1.54) is 30.8 Å². The Kier molecular flexibility index (Phi) is 3.89. The van der Waals surface area contributed by atoms with Crippen LogP contribution in [-0.2, 0) is 6.54 Å². The number of nitrogens with zero attached hydrogens (tertiary/aromatic N) is 2. The van der Waals surface area contributed by atoms with Gasteiger partial charge in [0.15, 0.2) is 0 Å². The summed E-state index contributed by atoms with van der Waals surface area (Å²) < 4.78 is 2.47. The minimum atomic E-state index is -0.00393. The van der Waals surface area contributed by atoms with Crippen LogP contribution in [-0.4, -0.2) is 22.5 Å². The highest BCUT2D eigenvalue weighted by Gasteiger charge is 2.20. The van der Waals surface area contributed by atoms with E-state index in [9.17, 15) is 4.79 Å². The lowest BCUT2D eigenvalue weighted by atomic mass is 10.0. The first-order valence-corrected chi connectivity index (χ1v) is 7.92. The summed E-state index contributed by atoms with van der Waals surface area (Å²) in [6.45, 7) is 5.53. The standard InChI is InChI=1S/C15H18BrN3O/c1-11-3-2-6-18(8-11)10-13-7-15(20)19-9-12(16)4-5-14(19)17-13/h4-5,7,9,11H,2-3,6,8,10H2,1H3/p+1/t11-/m0/s1. The van der Waals surface area contributed by atoms with Crippen molar-refractivity contribution in [3.63, 3.8) is 0 Å². The van der Waals surface area contributed by atoms with Gasteiger partial charge < -0.3 is 4.90 Å². The summed E-state index contributed by atoms with van der Waals surface area (Å²) in [7, 11) is 0. The summed E-state index contributed by atoms with van der Waals surface area (Å²) in [5.41, 5.74) is 1.62. The SMILES string of the molecule is C[C@H]1CCC[NH+](Cc2cc(=O)n3cc(Br)ccc3n2)C1. The van der Waals surface area contributed by atoms with E-state index < -0.39 is 0 Å². The van der Waals surface area contributed by atoms with Gasteiger partial charge in [0.2, 0.25) is 0 Å². The van der Waals surface area contributed by atoms with Crippen LogP contribution in [0.2, 0.25) is 0 Å². The van der Waals surface area contributed by atoms with Crippen molar-refractivity contribution in [3.8, 4) is 0 Å². The van der Waals surface area contributed by atoms with Gasteiger partial charge in [0, 0.05) is 22.7 Å². The number of halogens is 1. The van der Waals surface area contributed by atoms with Gasteiger partial charge in [0.05, 0.1) is 13.1 Å². The van der Waals surface area contributed by atoms with Crippen molar-refractivity contribution in [2.24, 2.45) is 5.92 Å². The summed E-state index contributed by atoms with van der Waals surface area (Å²) in [4.78, 5) is 18.3. The van der Waals surface area contributed by atoms with Gasteiger partial charge in [-0.3, -0.25) is 9.20 Å². The topological polar surface area (TPSA) is 38.8 Å². The van der Waals surface area contributed by atoms with E-state index in [2.05, 4.69) is 27.8 Å².